The van der Waals surface area contributed by atoms with Crippen LogP contribution in [0.5, 0.6) is 11.8 Å². The quantitative estimate of drug-likeness (QED) is 0.262. The van der Waals surface area contributed by atoms with Crippen LogP contribution >= 0.6 is 0 Å². The molecule has 0 bridgehead atoms. The molecule has 0 atom stereocenters. The van der Waals surface area contributed by atoms with Gasteiger partial charge in [0, 0.05) is 39.1 Å². The molecule has 0 radical (unpaired) electrons. The topological polar surface area (TPSA) is 83.8 Å². The molecule has 3 aliphatic rings. The largest absolute Gasteiger partial charge is 0.508 e. The summed E-state index contributed by atoms with van der Waals surface area (Å²) in [5.41, 5.74) is 0.939. The smallest absolute Gasteiger partial charge is 0.319 e. The van der Waals surface area contributed by atoms with E-state index in [0.717, 1.165) is 71.1 Å². The molecule has 0 saturated carbocycles. The Balaban J connectivity index is 0.00000110. The fourth-order valence-electron chi connectivity index (χ4n) is 7.31. The molecule has 0 spiro atoms. The highest BCUT2D eigenvalue weighted by Crippen LogP contribution is 2.41. The van der Waals surface area contributed by atoms with Crippen molar-refractivity contribution in [1.82, 2.24) is 19.9 Å². The number of ether oxygens (including phenoxy) is 2. The van der Waals surface area contributed by atoms with Crippen LogP contribution in [0.3, 0.4) is 0 Å². The predicted octanol–water partition coefficient (Wildman–Crippen LogP) is 6.65. The highest BCUT2D eigenvalue weighted by Gasteiger charge is 2.45. The number of pyridine rings is 1. The summed E-state index contributed by atoms with van der Waals surface area (Å²) in [4.78, 5) is 18.7. The van der Waals surface area contributed by atoms with Gasteiger partial charge >= 0.3 is 6.01 Å². The molecule has 0 unspecified atom stereocenters. The summed E-state index contributed by atoms with van der Waals surface area (Å²) in [6.07, 6.45) is 9.73. The number of fused-ring (bicyclic) bond motifs is 3. The van der Waals surface area contributed by atoms with Gasteiger partial charge in [-0.05, 0) is 99.0 Å². The lowest BCUT2D eigenvalue weighted by atomic mass is 9.94. The van der Waals surface area contributed by atoms with Crippen LogP contribution in [-0.4, -0.2) is 77.5 Å². The number of anilines is 1. The minimum absolute atomic E-state index is 0.00661. The van der Waals surface area contributed by atoms with Gasteiger partial charge in [0.15, 0.2) is 5.82 Å². The van der Waals surface area contributed by atoms with E-state index in [2.05, 4.69) is 24.5 Å². The van der Waals surface area contributed by atoms with Crippen LogP contribution in [0, 0.1) is 11.6 Å². The third kappa shape index (κ3) is 5.54. The molecule has 8 nitrogen and oxygen atoms in total. The van der Waals surface area contributed by atoms with Gasteiger partial charge in [0.05, 0.1) is 10.9 Å². The van der Waals surface area contributed by atoms with Crippen LogP contribution in [0.4, 0.5) is 14.6 Å². The van der Waals surface area contributed by atoms with Gasteiger partial charge in [-0.25, -0.2) is 8.78 Å². The molecule has 3 aliphatic heterocycles. The Labute approximate surface area is 257 Å². The number of methoxy groups -OCH3 is 1. The summed E-state index contributed by atoms with van der Waals surface area (Å²) in [6.45, 7) is 6.15. The van der Waals surface area contributed by atoms with Gasteiger partial charge in [0.2, 0.25) is 0 Å². The molecule has 3 saturated heterocycles. The predicted molar refractivity (Wildman–Crippen MR) is 168 cm³/mol. The molecule has 0 amide bonds. The lowest BCUT2D eigenvalue weighted by Crippen LogP contribution is -2.43. The van der Waals surface area contributed by atoms with E-state index in [0.29, 0.717) is 46.1 Å². The van der Waals surface area contributed by atoms with Crippen molar-refractivity contribution in [2.45, 2.75) is 63.8 Å². The van der Waals surface area contributed by atoms with Gasteiger partial charge in [-0.15, -0.1) is 0 Å². The van der Waals surface area contributed by atoms with Crippen LogP contribution < -0.4 is 9.64 Å². The van der Waals surface area contributed by atoms with Gasteiger partial charge in [-0.2, -0.15) is 9.97 Å². The number of phenols is 1. The van der Waals surface area contributed by atoms with E-state index in [9.17, 15) is 9.50 Å². The Kier molecular flexibility index (Phi) is 8.82. The van der Waals surface area contributed by atoms with Crippen LogP contribution in [0.2, 0.25) is 0 Å². The zero-order valence-corrected chi connectivity index (χ0v) is 25.8. The number of nitrogens with zero attached hydrogens (tertiary/aromatic N) is 5. The van der Waals surface area contributed by atoms with E-state index in [1.165, 1.54) is 12.1 Å². The molecule has 44 heavy (non-hydrogen) atoms. The summed E-state index contributed by atoms with van der Waals surface area (Å²) in [5.74, 6) is -0.408. The van der Waals surface area contributed by atoms with Crippen molar-refractivity contribution in [3.05, 3.63) is 47.7 Å². The minimum atomic E-state index is -0.632. The second-order valence-corrected chi connectivity index (χ2v) is 12.1. The SMILES string of the molecule is CCc1c(F)ccc2cc(O)cc(-c3ncc4c(N5CCCCC5)nc(OCC56CCCN5CCC6)nc4c3F)c12.COC. The third-order valence-electron chi connectivity index (χ3n) is 9.34. The molecule has 10 heteroatoms. The standard InChI is InChI=1S/C32H35F2N5O2.C2H6O/c1-2-22-25(33)9-8-20-16-21(40)17-23(26(20)22)28-27(34)29-24(18-35-28)30(38-12-4-3-5-13-38)37-31(36-29)41-19-32-10-6-14-39(32)15-7-11-32;1-3-2/h8-9,16-18,40H,2-7,10-15,19H2,1H3;1-2H3. The van der Waals surface area contributed by atoms with E-state index < -0.39 is 5.82 Å². The minimum Gasteiger partial charge on any atom is -0.508 e. The van der Waals surface area contributed by atoms with Crippen molar-refractivity contribution < 1.29 is 23.4 Å². The van der Waals surface area contributed by atoms with Crippen LogP contribution in [-0.2, 0) is 11.2 Å². The van der Waals surface area contributed by atoms with Crippen molar-refractivity contribution in [3.63, 3.8) is 0 Å². The molecule has 3 fully saturated rings. The van der Waals surface area contributed by atoms with Crippen molar-refractivity contribution in [1.29, 1.82) is 0 Å². The number of halogens is 2. The van der Waals surface area contributed by atoms with Crippen LogP contribution in [0.1, 0.15) is 57.4 Å². The molecule has 1 N–H and O–H groups in total. The molecular formula is C34H41F2N5O3. The number of aryl methyl sites for hydroxylation is 1. The normalized spacial score (nSPS) is 18.0. The number of hydrogen-bond donors (Lipinski definition) is 1. The molecule has 2 aromatic heterocycles. The third-order valence-corrected chi connectivity index (χ3v) is 9.34. The Morgan fingerprint density at radius 3 is 2.39 bits per heavy atom. The Morgan fingerprint density at radius 2 is 1.68 bits per heavy atom. The summed E-state index contributed by atoms with van der Waals surface area (Å²) >= 11 is 0. The van der Waals surface area contributed by atoms with Crippen molar-refractivity contribution in [2.24, 2.45) is 0 Å². The number of benzene rings is 2. The highest BCUT2D eigenvalue weighted by atomic mass is 19.1. The fraction of sp³-hybridized carbons (Fsp3) is 0.500. The summed E-state index contributed by atoms with van der Waals surface area (Å²) < 4.78 is 42.0. The zero-order chi connectivity index (χ0) is 30.8. The van der Waals surface area contributed by atoms with E-state index in [1.807, 2.05) is 6.92 Å². The van der Waals surface area contributed by atoms with Gasteiger partial charge in [-0.3, -0.25) is 9.88 Å². The monoisotopic (exact) mass is 605 g/mol. The molecule has 2 aromatic carbocycles. The molecule has 234 valence electrons. The number of piperidine rings is 1. The van der Waals surface area contributed by atoms with E-state index in [1.54, 1.807) is 32.5 Å². The molecule has 0 aliphatic carbocycles. The number of rotatable bonds is 6. The first-order valence-corrected chi connectivity index (χ1v) is 15.7. The molecule has 5 heterocycles. The van der Waals surface area contributed by atoms with Gasteiger partial charge in [-0.1, -0.05) is 13.0 Å². The van der Waals surface area contributed by atoms with E-state index in [-0.39, 0.29) is 34.3 Å². The maximum absolute atomic E-state index is 16.6. The lowest BCUT2D eigenvalue weighted by molar-refractivity contribution is 0.108. The number of phenolic OH excluding ortho intramolecular Hbond substituents is 1. The second kappa shape index (κ2) is 12.8. The second-order valence-electron chi connectivity index (χ2n) is 12.1. The average Bonchev–Trinajstić information content (AvgIpc) is 3.61. The summed E-state index contributed by atoms with van der Waals surface area (Å²) in [7, 11) is 3.25. The van der Waals surface area contributed by atoms with Crippen LogP contribution in [0.25, 0.3) is 32.9 Å². The highest BCUT2D eigenvalue weighted by molar-refractivity contribution is 6.01. The first-order valence-electron chi connectivity index (χ1n) is 15.7. The maximum atomic E-state index is 16.6. The number of hydrogen-bond acceptors (Lipinski definition) is 8. The van der Waals surface area contributed by atoms with E-state index >= 15 is 4.39 Å². The summed E-state index contributed by atoms with van der Waals surface area (Å²) in [5, 5.41) is 12.2. The average molecular weight is 606 g/mol. The van der Waals surface area contributed by atoms with Crippen LogP contribution in [0.15, 0.2) is 30.5 Å². The van der Waals surface area contributed by atoms with Crippen molar-refractivity contribution in [3.8, 4) is 23.0 Å². The maximum Gasteiger partial charge on any atom is 0.319 e. The number of aromatic hydroxyl groups is 1. The molecule has 4 aromatic rings. The van der Waals surface area contributed by atoms with E-state index in [4.69, 9.17) is 9.72 Å². The number of aromatic nitrogens is 3. The molecule has 7 rings (SSSR count). The summed E-state index contributed by atoms with van der Waals surface area (Å²) in [6, 6.07) is 6.17. The van der Waals surface area contributed by atoms with Gasteiger partial charge in [0.25, 0.3) is 0 Å². The first kappa shape index (κ1) is 30.4. The van der Waals surface area contributed by atoms with Crippen molar-refractivity contribution >= 4 is 27.5 Å². The Hall–Kier alpha value is -3.63. The first-order chi connectivity index (χ1) is 21.4. The zero-order valence-electron chi connectivity index (χ0n) is 25.8. The Bertz CT molecular complexity index is 1650. The van der Waals surface area contributed by atoms with Crippen molar-refractivity contribution in [2.75, 3.05) is 51.9 Å². The van der Waals surface area contributed by atoms with Gasteiger partial charge in [0.1, 0.15) is 35.2 Å². The fourth-order valence-corrected chi connectivity index (χ4v) is 7.31. The van der Waals surface area contributed by atoms with Gasteiger partial charge < -0.3 is 19.5 Å². The lowest BCUT2D eigenvalue weighted by Gasteiger charge is -2.32. The molecular weight excluding hydrogens is 564 g/mol. The Morgan fingerprint density at radius 1 is 0.955 bits per heavy atom.